The molecule has 4 fully saturated rings. The molecule has 0 unspecified atom stereocenters. The van der Waals surface area contributed by atoms with Crippen molar-refractivity contribution in [3.63, 3.8) is 0 Å². The van der Waals surface area contributed by atoms with Crippen LogP contribution in [-0.4, -0.2) is 0 Å². The lowest BCUT2D eigenvalue weighted by Crippen LogP contribution is -2.48. The Labute approximate surface area is 192 Å². The van der Waals surface area contributed by atoms with Crippen molar-refractivity contribution in [1.82, 2.24) is 0 Å². The Morgan fingerprint density at radius 1 is 0.938 bits per heavy atom. The minimum absolute atomic E-state index is 0.383. The third-order valence-electron chi connectivity index (χ3n) is 9.25. The first kappa shape index (κ1) is 18.1. The van der Waals surface area contributed by atoms with Crippen LogP contribution in [-0.2, 0) is 12.5 Å². The summed E-state index contributed by atoms with van der Waals surface area (Å²) in [6.07, 6.45) is 10.9. The fraction of sp³-hybridized carbons (Fsp3) is 0.414. The van der Waals surface area contributed by atoms with Gasteiger partial charge in [-0.15, -0.1) is 11.3 Å². The molecule has 0 atom stereocenters. The van der Waals surface area contributed by atoms with Gasteiger partial charge in [0.1, 0.15) is 18.5 Å². The van der Waals surface area contributed by atoms with E-state index in [0.717, 1.165) is 29.3 Å². The molecule has 9 rings (SSSR count). The highest BCUT2D eigenvalue weighted by Crippen LogP contribution is 2.61. The van der Waals surface area contributed by atoms with Gasteiger partial charge in [-0.1, -0.05) is 0 Å². The number of thiophene rings is 1. The van der Waals surface area contributed by atoms with E-state index in [2.05, 4.69) is 60.4 Å². The number of aryl methyl sites for hydroxylation is 2. The van der Waals surface area contributed by atoms with Crippen molar-refractivity contribution in [1.29, 1.82) is 0 Å². The van der Waals surface area contributed by atoms with Crippen LogP contribution in [0.4, 0.5) is 0 Å². The number of nitrogens with zero attached hydrogens (tertiary/aromatic N) is 1. The van der Waals surface area contributed by atoms with Crippen molar-refractivity contribution in [2.45, 2.75) is 50.9 Å². The number of ether oxygens (including phenoxy) is 1. The van der Waals surface area contributed by atoms with Gasteiger partial charge in [-0.05, 0) is 120 Å². The minimum Gasteiger partial charge on any atom is -0.456 e. The summed E-state index contributed by atoms with van der Waals surface area (Å²) >= 11 is 1.83. The largest absolute Gasteiger partial charge is 0.456 e. The quantitative estimate of drug-likeness (QED) is 0.248. The third kappa shape index (κ3) is 2.23. The average molecular weight is 439 g/mol. The van der Waals surface area contributed by atoms with Crippen LogP contribution in [0, 0.1) is 24.7 Å². The molecular formula is C29H28NOS+. The number of hydrogen-bond donors (Lipinski definition) is 0. The first-order valence-corrected chi connectivity index (χ1v) is 13.1. The van der Waals surface area contributed by atoms with Gasteiger partial charge in [0, 0.05) is 10.8 Å². The van der Waals surface area contributed by atoms with Crippen molar-refractivity contribution in [3.05, 3.63) is 53.0 Å². The molecule has 0 N–H and O–H groups in total. The molecule has 5 aliphatic rings. The van der Waals surface area contributed by atoms with Gasteiger partial charge in [-0.3, -0.25) is 0 Å². The summed E-state index contributed by atoms with van der Waals surface area (Å²) < 4.78 is 10.4. The fourth-order valence-corrected chi connectivity index (χ4v) is 9.25. The zero-order chi connectivity index (χ0) is 21.2. The lowest BCUT2D eigenvalue weighted by atomic mass is 9.48. The number of benzene rings is 2. The molecule has 1 aliphatic heterocycles. The highest BCUT2D eigenvalue weighted by molar-refractivity contribution is 7.17. The summed E-state index contributed by atoms with van der Waals surface area (Å²) in [6, 6.07) is 11.8. The van der Waals surface area contributed by atoms with E-state index in [0.29, 0.717) is 5.41 Å². The molecule has 0 spiro atoms. The van der Waals surface area contributed by atoms with Gasteiger partial charge in [0.05, 0.1) is 10.9 Å². The maximum atomic E-state index is 6.76. The Morgan fingerprint density at radius 2 is 1.69 bits per heavy atom. The topological polar surface area (TPSA) is 13.1 Å². The van der Waals surface area contributed by atoms with Gasteiger partial charge >= 0.3 is 0 Å². The van der Waals surface area contributed by atoms with Gasteiger partial charge in [0.15, 0.2) is 6.20 Å². The van der Waals surface area contributed by atoms with Crippen LogP contribution in [0.25, 0.3) is 32.1 Å². The normalized spacial score (nSPS) is 29.5. The molecule has 32 heavy (non-hydrogen) atoms. The lowest BCUT2D eigenvalue weighted by molar-refractivity contribution is -0.659. The van der Waals surface area contributed by atoms with E-state index in [1.165, 1.54) is 76.2 Å². The van der Waals surface area contributed by atoms with Gasteiger partial charge in [0.2, 0.25) is 5.69 Å². The van der Waals surface area contributed by atoms with Crippen molar-refractivity contribution in [2.75, 3.05) is 0 Å². The number of hydrogen-bond acceptors (Lipinski definition) is 2. The van der Waals surface area contributed by atoms with Crippen molar-refractivity contribution in [3.8, 4) is 22.8 Å². The maximum absolute atomic E-state index is 6.76. The second-order valence-electron chi connectivity index (χ2n) is 11.2. The molecule has 2 aromatic carbocycles. The monoisotopic (exact) mass is 438 g/mol. The zero-order valence-corrected chi connectivity index (χ0v) is 19.6. The van der Waals surface area contributed by atoms with Crippen LogP contribution in [0.3, 0.4) is 0 Å². The molecule has 0 radical (unpaired) electrons. The molecular weight excluding hydrogens is 410 g/mol. The molecule has 4 aromatic rings. The minimum atomic E-state index is 0.383. The molecule has 160 valence electrons. The molecule has 0 amide bonds. The van der Waals surface area contributed by atoms with Crippen molar-refractivity contribution >= 4 is 32.2 Å². The van der Waals surface area contributed by atoms with E-state index in [9.17, 15) is 0 Å². The smallest absolute Gasteiger partial charge is 0.228 e. The van der Waals surface area contributed by atoms with E-state index in [4.69, 9.17) is 4.74 Å². The van der Waals surface area contributed by atoms with E-state index in [1.54, 1.807) is 5.56 Å². The van der Waals surface area contributed by atoms with Gasteiger partial charge in [0.25, 0.3) is 0 Å². The predicted molar refractivity (Wildman–Crippen MR) is 131 cm³/mol. The molecule has 4 saturated carbocycles. The summed E-state index contributed by atoms with van der Waals surface area (Å²) in [5, 5.41) is 6.12. The SMILES string of the molecule is Cc1c2c(cc3ccsc13)Oc1cc(C34CC5CC(CC(C5)C3)C4)cc3cc[n+](C)c-2c13. The number of aromatic nitrogens is 1. The Balaban J connectivity index is 1.39. The summed E-state index contributed by atoms with van der Waals surface area (Å²) in [4.78, 5) is 0. The van der Waals surface area contributed by atoms with Gasteiger partial charge in [-0.2, -0.15) is 0 Å². The first-order valence-electron chi connectivity index (χ1n) is 12.2. The number of fused-ring (bicyclic) bond motifs is 3. The van der Waals surface area contributed by atoms with Crippen LogP contribution in [0.2, 0.25) is 0 Å². The van der Waals surface area contributed by atoms with Crippen LogP contribution in [0.5, 0.6) is 11.5 Å². The lowest BCUT2D eigenvalue weighted by Gasteiger charge is -2.57. The highest BCUT2D eigenvalue weighted by atomic mass is 32.1. The molecule has 2 aromatic heterocycles. The van der Waals surface area contributed by atoms with E-state index in [-0.39, 0.29) is 0 Å². The standard InChI is InChI=1S/C29H28NOS/c1-16-25-23(11-21-4-6-32-28(16)21)31-24-12-22(10-20-3-5-30(2)27(25)26(20)24)29-13-17-7-18(14-29)9-19(8-17)15-29/h3-6,10-12,17-19H,7-9,13-15H2,1-2H3/q+1. The number of pyridine rings is 1. The van der Waals surface area contributed by atoms with Gasteiger partial charge < -0.3 is 4.74 Å². The number of rotatable bonds is 1. The second kappa shape index (κ2) is 5.94. The van der Waals surface area contributed by atoms with E-state index < -0.39 is 0 Å². The van der Waals surface area contributed by atoms with Crippen LogP contribution in [0.1, 0.15) is 49.7 Å². The fourth-order valence-electron chi connectivity index (χ4n) is 8.36. The van der Waals surface area contributed by atoms with Crippen LogP contribution >= 0.6 is 11.3 Å². The van der Waals surface area contributed by atoms with Gasteiger partial charge in [-0.25, -0.2) is 4.57 Å². The summed E-state index contributed by atoms with van der Waals surface area (Å²) in [5.41, 5.74) is 5.85. The third-order valence-corrected chi connectivity index (χ3v) is 10.3. The predicted octanol–water partition coefficient (Wildman–Crippen LogP) is 7.43. The van der Waals surface area contributed by atoms with E-state index in [1.807, 2.05) is 11.3 Å². The van der Waals surface area contributed by atoms with Crippen LogP contribution in [0.15, 0.2) is 41.9 Å². The average Bonchev–Trinajstić information content (AvgIpc) is 3.23. The Hall–Kier alpha value is -2.39. The molecule has 0 saturated heterocycles. The second-order valence-corrected chi connectivity index (χ2v) is 12.1. The molecule has 4 aliphatic carbocycles. The summed E-state index contributed by atoms with van der Waals surface area (Å²) in [5.74, 6) is 4.95. The maximum Gasteiger partial charge on any atom is 0.228 e. The summed E-state index contributed by atoms with van der Waals surface area (Å²) in [7, 11) is 2.18. The Bertz CT molecular complexity index is 1430. The molecule has 4 bridgehead atoms. The van der Waals surface area contributed by atoms with Crippen molar-refractivity contribution in [2.24, 2.45) is 24.8 Å². The van der Waals surface area contributed by atoms with Crippen molar-refractivity contribution < 1.29 is 9.30 Å². The highest BCUT2D eigenvalue weighted by Gasteiger charge is 2.52. The zero-order valence-electron chi connectivity index (χ0n) is 18.8. The Kier molecular flexibility index (Phi) is 3.35. The molecule has 2 nitrogen and oxygen atoms in total. The first-order chi connectivity index (χ1) is 15.6. The Morgan fingerprint density at radius 3 is 2.44 bits per heavy atom. The van der Waals surface area contributed by atoms with E-state index >= 15 is 0 Å². The molecule has 3 heteroatoms. The summed E-state index contributed by atoms with van der Waals surface area (Å²) in [6.45, 7) is 2.26. The molecule has 3 heterocycles. The van der Waals surface area contributed by atoms with Crippen LogP contribution < -0.4 is 9.30 Å².